The molecule has 3 atom stereocenters. The molecule has 0 aliphatic carbocycles. The van der Waals surface area contributed by atoms with Crippen molar-refractivity contribution in [3.05, 3.63) is 52.0 Å². The average Bonchev–Trinajstić information content (AvgIpc) is 3.28. The molecule has 12 nitrogen and oxygen atoms in total. The van der Waals surface area contributed by atoms with E-state index in [1.807, 2.05) is 29.2 Å². The summed E-state index contributed by atoms with van der Waals surface area (Å²) in [5, 5.41) is 26.7. The number of aryl methyl sites for hydroxylation is 1. The molecule has 2 aromatic heterocycles. The lowest BCUT2D eigenvalue weighted by atomic mass is 9.95. The molecule has 4 rings (SSSR count). The van der Waals surface area contributed by atoms with Gasteiger partial charge in [-0.3, -0.25) is 5.32 Å². The highest BCUT2D eigenvalue weighted by Gasteiger charge is 2.28. The van der Waals surface area contributed by atoms with Gasteiger partial charge in [0.25, 0.3) is 0 Å². The smallest absolute Gasteiger partial charge is 0.350 e. The Morgan fingerprint density at radius 3 is 2.67 bits per heavy atom. The van der Waals surface area contributed by atoms with Crippen molar-refractivity contribution in [1.82, 2.24) is 15.0 Å². The normalized spacial score (nSPS) is 18.0. The van der Waals surface area contributed by atoms with Crippen LogP contribution in [0.4, 0.5) is 22.7 Å². The van der Waals surface area contributed by atoms with E-state index in [1.54, 1.807) is 19.9 Å². The molecular formula is C25H32N6O6S2. The molecular weight excluding hydrogens is 544 g/mol. The second kappa shape index (κ2) is 13.3. The predicted molar refractivity (Wildman–Crippen MR) is 150 cm³/mol. The maximum Gasteiger partial charge on any atom is 0.350 e. The first-order valence-electron chi connectivity index (χ1n) is 12.5. The molecule has 0 radical (unpaired) electrons. The van der Waals surface area contributed by atoms with Crippen LogP contribution in [0.25, 0.3) is 0 Å². The molecule has 1 aliphatic heterocycles. The molecule has 1 saturated heterocycles. The lowest BCUT2D eigenvalue weighted by Gasteiger charge is -2.36. The number of carbonyl (C=O) groups is 1. The highest BCUT2D eigenvalue weighted by molar-refractivity contribution is 7.78. The van der Waals surface area contributed by atoms with Crippen molar-refractivity contribution >= 4 is 51.1 Å². The number of aliphatic hydroxyl groups is 2. The highest BCUT2D eigenvalue weighted by Crippen LogP contribution is 2.29. The van der Waals surface area contributed by atoms with Gasteiger partial charge in [-0.25, -0.2) is 14.0 Å². The number of piperidine rings is 1. The molecule has 1 aromatic carbocycles. The van der Waals surface area contributed by atoms with Gasteiger partial charge in [0.15, 0.2) is 16.2 Å². The summed E-state index contributed by atoms with van der Waals surface area (Å²) in [6.07, 6.45) is -0.0746. The SMILES string of the molecule is CCOC(=O)c1sc(Nc2nc(NCc3ccc(CS(=O)O)cc3)cc(N3CCC(O)C(CO)C3)n2)nc1C. The van der Waals surface area contributed by atoms with Gasteiger partial charge in [-0.15, -0.1) is 0 Å². The van der Waals surface area contributed by atoms with Gasteiger partial charge in [0, 0.05) is 31.6 Å². The van der Waals surface area contributed by atoms with Crippen LogP contribution in [0.1, 0.15) is 39.8 Å². The third-order valence-electron chi connectivity index (χ3n) is 6.23. The molecule has 1 fully saturated rings. The average molecular weight is 577 g/mol. The van der Waals surface area contributed by atoms with E-state index in [0.717, 1.165) is 22.5 Å². The molecule has 39 heavy (non-hydrogen) atoms. The van der Waals surface area contributed by atoms with Crippen molar-refractivity contribution in [3.8, 4) is 0 Å². The fourth-order valence-electron chi connectivity index (χ4n) is 4.17. The van der Waals surface area contributed by atoms with Crippen LogP contribution < -0.4 is 15.5 Å². The number of benzene rings is 1. The number of aromatic nitrogens is 3. The predicted octanol–water partition coefficient (Wildman–Crippen LogP) is 2.68. The van der Waals surface area contributed by atoms with Crippen molar-refractivity contribution in [2.75, 3.05) is 41.8 Å². The summed E-state index contributed by atoms with van der Waals surface area (Å²) in [6.45, 7) is 5.05. The zero-order valence-corrected chi connectivity index (χ0v) is 23.3. The first-order chi connectivity index (χ1) is 18.7. The number of esters is 1. The van der Waals surface area contributed by atoms with E-state index in [4.69, 9.17) is 9.29 Å². The van der Waals surface area contributed by atoms with Crippen molar-refractivity contribution in [2.24, 2.45) is 5.92 Å². The van der Waals surface area contributed by atoms with E-state index >= 15 is 0 Å². The van der Waals surface area contributed by atoms with Crippen LogP contribution in [-0.2, 0) is 28.1 Å². The molecule has 0 spiro atoms. The standard InChI is InChI=1S/C25H32N6O6S2/c1-3-37-23(34)22-15(2)27-25(38-22)30-24-28-20(26-11-16-4-6-17(7-5-16)14-39(35)36)10-21(29-24)31-9-8-19(33)18(12-31)13-32/h4-7,10,18-19,32-33H,3,8-9,11-14H2,1-2H3,(H,35,36)(H2,26,27,28,29,30). The Bertz CT molecular complexity index is 1300. The number of aliphatic hydroxyl groups excluding tert-OH is 2. The number of carbonyl (C=O) groups excluding carboxylic acids is 1. The van der Waals surface area contributed by atoms with E-state index in [9.17, 15) is 19.2 Å². The molecule has 210 valence electrons. The van der Waals surface area contributed by atoms with Crippen LogP contribution in [-0.4, -0.2) is 72.3 Å². The Balaban J connectivity index is 1.57. The van der Waals surface area contributed by atoms with Crippen LogP contribution in [0.2, 0.25) is 0 Å². The Morgan fingerprint density at radius 2 is 1.97 bits per heavy atom. The van der Waals surface area contributed by atoms with Crippen LogP contribution in [0, 0.1) is 12.8 Å². The van der Waals surface area contributed by atoms with Crippen molar-refractivity contribution in [1.29, 1.82) is 0 Å². The maximum absolute atomic E-state index is 12.2. The van der Waals surface area contributed by atoms with Crippen LogP contribution in [0.3, 0.4) is 0 Å². The lowest BCUT2D eigenvalue weighted by Crippen LogP contribution is -2.45. The summed E-state index contributed by atoms with van der Waals surface area (Å²) >= 11 is -0.743. The Morgan fingerprint density at radius 1 is 1.23 bits per heavy atom. The van der Waals surface area contributed by atoms with Crippen LogP contribution in [0.15, 0.2) is 30.3 Å². The lowest BCUT2D eigenvalue weighted by molar-refractivity contribution is 0.0520. The summed E-state index contributed by atoms with van der Waals surface area (Å²) in [6, 6.07) is 9.18. The van der Waals surface area contributed by atoms with E-state index in [-0.39, 0.29) is 30.8 Å². The van der Waals surface area contributed by atoms with Crippen molar-refractivity contribution in [3.63, 3.8) is 0 Å². The molecule has 3 aromatic rings. The number of hydrogen-bond acceptors (Lipinski definition) is 12. The number of anilines is 4. The molecule has 0 amide bonds. The Hall–Kier alpha value is -3.17. The second-order valence-corrected chi connectivity index (χ2v) is 11.0. The number of thiazole rings is 1. The minimum atomic E-state index is -1.90. The summed E-state index contributed by atoms with van der Waals surface area (Å²) in [4.78, 5) is 28.3. The van der Waals surface area contributed by atoms with E-state index in [0.29, 0.717) is 53.4 Å². The minimum Gasteiger partial charge on any atom is -0.462 e. The van der Waals surface area contributed by atoms with Gasteiger partial charge in [0.05, 0.1) is 30.8 Å². The zero-order chi connectivity index (χ0) is 27.9. The third kappa shape index (κ3) is 7.70. The topological polar surface area (TPSA) is 170 Å². The van der Waals surface area contributed by atoms with Crippen molar-refractivity contribution in [2.45, 2.75) is 38.7 Å². The fraction of sp³-hybridized carbons (Fsp3) is 0.440. The highest BCUT2D eigenvalue weighted by atomic mass is 32.2. The first kappa shape index (κ1) is 28.8. The summed E-state index contributed by atoms with van der Waals surface area (Å²) in [5.74, 6) is 0.767. The van der Waals surface area contributed by atoms with Gasteiger partial charge < -0.3 is 29.7 Å². The minimum absolute atomic E-state index is 0.0749. The van der Waals surface area contributed by atoms with Gasteiger partial charge in [0.2, 0.25) is 5.95 Å². The Labute approximate surface area is 232 Å². The van der Waals surface area contributed by atoms with Gasteiger partial charge in [-0.1, -0.05) is 35.6 Å². The van der Waals surface area contributed by atoms with E-state index in [1.165, 1.54) is 0 Å². The monoisotopic (exact) mass is 576 g/mol. The molecule has 1 aliphatic rings. The number of nitrogens with zero attached hydrogens (tertiary/aromatic N) is 4. The number of ether oxygens (including phenoxy) is 1. The first-order valence-corrected chi connectivity index (χ1v) is 14.6. The van der Waals surface area contributed by atoms with Crippen LogP contribution >= 0.6 is 11.3 Å². The van der Waals surface area contributed by atoms with E-state index < -0.39 is 23.2 Å². The quantitative estimate of drug-likeness (QED) is 0.167. The van der Waals surface area contributed by atoms with Crippen molar-refractivity contribution < 1.29 is 28.5 Å². The molecule has 3 unspecified atom stereocenters. The zero-order valence-electron chi connectivity index (χ0n) is 21.7. The second-order valence-electron chi connectivity index (χ2n) is 9.09. The summed E-state index contributed by atoms with van der Waals surface area (Å²) in [7, 11) is 0. The molecule has 0 bridgehead atoms. The van der Waals surface area contributed by atoms with Gasteiger partial charge in [-0.05, 0) is 31.4 Å². The molecule has 5 N–H and O–H groups in total. The van der Waals surface area contributed by atoms with Gasteiger partial charge in [0.1, 0.15) is 16.5 Å². The van der Waals surface area contributed by atoms with Gasteiger partial charge in [-0.2, -0.15) is 9.97 Å². The largest absolute Gasteiger partial charge is 0.462 e. The summed E-state index contributed by atoms with van der Waals surface area (Å²) < 4.78 is 25.2. The molecule has 3 heterocycles. The van der Waals surface area contributed by atoms with Gasteiger partial charge >= 0.3 is 5.97 Å². The summed E-state index contributed by atoms with van der Waals surface area (Å²) in [5.41, 5.74) is 2.26. The maximum atomic E-state index is 12.2. The fourth-order valence-corrected chi connectivity index (χ4v) is 5.50. The third-order valence-corrected chi connectivity index (χ3v) is 7.86. The Kier molecular flexibility index (Phi) is 9.80. The molecule has 0 saturated carbocycles. The number of rotatable bonds is 11. The van der Waals surface area contributed by atoms with E-state index in [2.05, 4.69) is 25.6 Å². The van der Waals surface area contributed by atoms with Crippen LogP contribution in [0.5, 0.6) is 0 Å². The number of nitrogens with one attached hydrogen (secondary N) is 2. The number of hydrogen-bond donors (Lipinski definition) is 5. The molecule has 14 heteroatoms.